The van der Waals surface area contributed by atoms with Crippen LogP contribution >= 0.6 is 0 Å². The summed E-state index contributed by atoms with van der Waals surface area (Å²) in [6, 6.07) is 6.76. The maximum Gasteiger partial charge on any atom is 0.245 e. The van der Waals surface area contributed by atoms with Crippen LogP contribution in [-0.2, 0) is 14.8 Å². The first-order valence-corrected chi connectivity index (χ1v) is 11.4. The van der Waals surface area contributed by atoms with Crippen LogP contribution in [0.2, 0.25) is 0 Å². The van der Waals surface area contributed by atoms with E-state index in [4.69, 9.17) is 4.74 Å². The number of hydrogen-bond acceptors (Lipinski definition) is 5. The summed E-state index contributed by atoms with van der Waals surface area (Å²) in [6.07, 6.45) is 4.89. The van der Waals surface area contributed by atoms with Gasteiger partial charge in [-0.2, -0.15) is 4.31 Å². The predicted octanol–water partition coefficient (Wildman–Crippen LogP) is 2.83. The fourth-order valence-electron chi connectivity index (χ4n) is 4.81. The fourth-order valence-corrected chi connectivity index (χ4v) is 6.30. The van der Waals surface area contributed by atoms with Crippen molar-refractivity contribution >= 4 is 10.0 Å². The van der Waals surface area contributed by atoms with Gasteiger partial charge in [0.15, 0.2) is 0 Å². The average Bonchev–Trinajstić information content (AvgIpc) is 2.72. The van der Waals surface area contributed by atoms with Crippen LogP contribution < -0.4 is 0 Å². The molecule has 6 nitrogen and oxygen atoms in total. The van der Waals surface area contributed by atoms with Gasteiger partial charge < -0.3 is 4.74 Å². The maximum atomic E-state index is 14.1. The summed E-state index contributed by atoms with van der Waals surface area (Å²) in [5.74, 6) is -1.85. The van der Waals surface area contributed by atoms with Crippen LogP contribution in [-0.4, -0.2) is 62.5 Å². The number of aromatic nitrogens is 1. The molecule has 30 heavy (non-hydrogen) atoms. The molecule has 4 rings (SSSR count). The standard InChI is InChI=1S/C21H25F2N3O3S/c1-29-13-12-25-15-21(20(25)16-4-8-24-9-5-16)6-10-26(11-7-21)30(27,28)19-3-2-17(22)14-18(19)23/h2-5,8-9,14,20H,6-7,10-13,15H2,1H3/t20-/m1/s1. The Kier molecular flexibility index (Phi) is 5.89. The number of benzene rings is 1. The van der Waals surface area contributed by atoms with Gasteiger partial charge in [-0.3, -0.25) is 9.88 Å². The van der Waals surface area contributed by atoms with Crippen LogP contribution in [0.3, 0.4) is 0 Å². The minimum Gasteiger partial charge on any atom is -0.383 e. The van der Waals surface area contributed by atoms with Crippen molar-refractivity contribution in [1.29, 1.82) is 0 Å². The van der Waals surface area contributed by atoms with Gasteiger partial charge in [0.1, 0.15) is 16.5 Å². The molecule has 0 radical (unpaired) electrons. The van der Waals surface area contributed by atoms with Crippen LogP contribution in [0.5, 0.6) is 0 Å². The predicted molar refractivity (Wildman–Crippen MR) is 107 cm³/mol. The molecule has 0 bridgehead atoms. The SMILES string of the molecule is COCCN1CC2(CCN(S(=O)(=O)c3ccc(F)cc3F)CC2)[C@H]1c1ccncc1. The summed E-state index contributed by atoms with van der Waals surface area (Å²) >= 11 is 0. The van der Waals surface area contributed by atoms with Crippen LogP contribution in [0.25, 0.3) is 0 Å². The Morgan fingerprint density at radius 3 is 2.50 bits per heavy atom. The molecule has 0 aliphatic carbocycles. The molecule has 1 atom stereocenters. The summed E-state index contributed by atoms with van der Waals surface area (Å²) in [7, 11) is -2.33. The molecule has 1 aromatic carbocycles. The molecule has 3 heterocycles. The Hall–Kier alpha value is -1.94. The summed E-state index contributed by atoms with van der Waals surface area (Å²) < 4.78 is 59.7. The van der Waals surface area contributed by atoms with Crippen LogP contribution in [0.15, 0.2) is 47.6 Å². The lowest BCUT2D eigenvalue weighted by molar-refractivity contribution is -0.110. The first-order valence-electron chi connectivity index (χ1n) is 9.95. The van der Waals surface area contributed by atoms with Gasteiger partial charge in [0, 0.05) is 63.2 Å². The van der Waals surface area contributed by atoms with Crippen molar-refractivity contribution in [1.82, 2.24) is 14.2 Å². The van der Waals surface area contributed by atoms with E-state index in [1.54, 1.807) is 19.5 Å². The number of halogens is 2. The lowest BCUT2D eigenvalue weighted by Gasteiger charge is -2.60. The number of pyridine rings is 1. The molecule has 0 unspecified atom stereocenters. The molecule has 0 saturated carbocycles. The second-order valence-electron chi connectivity index (χ2n) is 7.99. The number of hydrogen-bond donors (Lipinski definition) is 0. The summed E-state index contributed by atoms with van der Waals surface area (Å²) in [5, 5.41) is 0. The van der Waals surface area contributed by atoms with Crippen LogP contribution in [0.1, 0.15) is 24.4 Å². The Labute approximate surface area is 175 Å². The maximum absolute atomic E-state index is 14.1. The molecule has 2 aromatic rings. The molecule has 1 aromatic heterocycles. The number of rotatable bonds is 6. The molecule has 0 N–H and O–H groups in total. The van der Waals surface area contributed by atoms with E-state index in [0.717, 1.165) is 30.8 Å². The lowest BCUT2D eigenvalue weighted by atomic mass is 9.63. The highest BCUT2D eigenvalue weighted by Gasteiger charge is 2.54. The van der Waals surface area contributed by atoms with E-state index in [9.17, 15) is 17.2 Å². The number of nitrogens with zero attached hydrogens (tertiary/aromatic N) is 3. The van der Waals surface area contributed by atoms with E-state index in [0.29, 0.717) is 38.6 Å². The Morgan fingerprint density at radius 1 is 1.17 bits per heavy atom. The van der Waals surface area contributed by atoms with Crippen molar-refractivity contribution in [3.63, 3.8) is 0 Å². The topological polar surface area (TPSA) is 62.7 Å². The van der Waals surface area contributed by atoms with Gasteiger partial charge in [-0.25, -0.2) is 17.2 Å². The van der Waals surface area contributed by atoms with Gasteiger partial charge in [-0.15, -0.1) is 0 Å². The quantitative estimate of drug-likeness (QED) is 0.696. The van der Waals surface area contributed by atoms with Crippen molar-refractivity contribution in [3.8, 4) is 0 Å². The van der Waals surface area contributed by atoms with Gasteiger partial charge in [0.05, 0.1) is 6.61 Å². The zero-order chi connectivity index (χ0) is 21.4. The molecular weight excluding hydrogens is 412 g/mol. The zero-order valence-corrected chi connectivity index (χ0v) is 17.6. The third-order valence-corrected chi connectivity index (χ3v) is 8.23. The van der Waals surface area contributed by atoms with E-state index < -0.39 is 26.6 Å². The first-order chi connectivity index (χ1) is 14.4. The second-order valence-corrected chi connectivity index (χ2v) is 9.89. The second kappa shape index (κ2) is 8.30. The number of ether oxygens (including phenoxy) is 1. The van der Waals surface area contributed by atoms with Crippen molar-refractivity contribution in [2.75, 3.05) is 39.9 Å². The van der Waals surface area contributed by atoms with Crippen LogP contribution in [0.4, 0.5) is 8.78 Å². The lowest BCUT2D eigenvalue weighted by Crippen LogP contribution is -2.62. The number of piperidine rings is 1. The number of likely N-dealkylation sites (tertiary alicyclic amines) is 1. The third-order valence-electron chi connectivity index (χ3n) is 6.30. The van der Waals surface area contributed by atoms with Crippen molar-refractivity contribution in [2.24, 2.45) is 5.41 Å². The Morgan fingerprint density at radius 2 is 1.87 bits per heavy atom. The summed E-state index contributed by atoms with van der Waals surface area (Å²) in [4.78, 5) is 5.98. The molecule has 0 amide bonds. The van der Waals surface area contributed by atoms with E-state index >= 15 is 0 Å². The summed E-state index contributed by atoms with van der Waals surface area (Å²) in [6.45, 7) is 2.90. The largest absolute Gasteiger partial charge is 0.383 e. The number of methoxy groups -OCH3 is 1. The first kappa shape index (κ1) is 21.3. The Balaban J connectivity index is 1.52. The summed E-state index contributed by atoms with van der Waals surface area (Å²) in [5.41, 5.74) is 1.12. The molecule has 9 heteroatoms. The molecule has 2 aliphatic heterocycles. The van der Waals surface area contributed by atoms with Gasteiger partial charge in [0.25, 0.3) is 0 Å². The molecule has 2 aliphatic rings. The van der Waals surface area contributed by atoms with E-state index in [2.05, 4.69) is 9.88 Å². The highest BCUT2D eigenvalue weighted by molar-refractivity contribution is 7.89. The smallest absolute Gasteiger partial charge is 0.245 e. The van der Waals surface area contributed by atoms with E-state index in [1.165, 1.54) is 4.31 Å². The Bertz CT molecular complexity index is 996. The van der Waals surface area contributed by atoms with Gasteiger partial charge in [0.2, 0.25) is 10.0 Å². The minimum atomic E-state index is -4.01. The van der Waals surface area contributed by atoms with Gasteiger partial charge in [-0.05, 0) is 42.7 Å². The van der Waals surface area contributed by atoms with Gasteiger partial charge in [-0.1, -0.05) is 0 Å². The van der Waals surface area contributed by atoms with Gasteiger partial charge >= 0.3 is 0 Å². The molecule has 162 valence electrons. The van der Waals surface area contributed by atoms with Crippen molar-refractivity contribution < 1.29 is 21.9 Å². The monoisotopic (exact) mass is 437 g/mol. The van der Waals surface area contributed by atoms with Crippen LogP contribution in [0, 0.1) is 17.0 Å². The highest BCUT2D eigenvalue weighted by Crippen LogP contribution is 2.55. The number of sulfonamides is 1. The van der Waals surface area contributed by atoms with E-state index in [1.807, 2.05) is 12.1 Å². The molecular formula is C21H25F2N3O3S. The van der Waals surface area contributed by atoms with E-state index in [-0.39, 0.29) is 11.5 Å². The third kappa shape index (κ3) is 3.75. The minimum absolute atomic E-state index is 0.0392. The zero-order valence-electron chi connectivity index (χ0n) is 16.8. The molecule has 1 spiro atoms. The average molecular weight is 438 g/mol. The highest BCUT2D eigenvalue weighted by atomic mass is 32.2. The molecule has 2 saturated heterocycles. The van der Waals surface area contributed by atoms with Crippen molar-refractivity contribution in [3.05, 3.63) is 59.9 Å². The fraction of sp³-hybridized carbons (Fsp3) is 0.476. The molecule has 2 fully saturated rings. The normalized spacial score (nSPS) is 22.2. The van der Waals surface area contributed by atoms with Crippen molar-refractivity contribution in [2.45, 2.75) is 23.8 Å².